The van der Waals surface area contributed by atoms with Crippen LogP contribution in [0.25, 0.3) is 0 Å². The molecule has 0 saturated heterocycles. The van der Waals surface area contributed by atoms with Crippen LogP contribution in [0.2, 0.25) is 0 Å². The maximum absolute atomic E-state index is 12.8. The Labute approximate surface area is 89.1 Å². The fourth-order valence-corrected chi connectivity index (χ4v) is 1.29. The molecule has 0 spiro atoms. The Morgan fingerprint density at radius 1 is 1.40 bits per heavy atom. The number of rotatable bonds is 4. The Morgan fingerprint density at radius 3 is 2.60 bits per heavy atom. The molecule has 3 heteroatoms. The van der Waals surface area contributed by atoms with Crippen molar-refractivity contribution >= 4 is 5.97 Å². The predicted octanol–water partition coefficient (Wildman–Crippen LogP) is 3.17. The molecule has 1 rings (SSSR count). The maximum atomic E-state index is 12.8. The van der Waals surface area contributed by atoms with E-state index in [1.165, 1.54) is 18.2 Å². The summed E-state index contributed by atoms with van der Waals surface area (Å²) in [5.41, 5.74) is 0.266. The molecule has 15 heavy (non-hydrogen) atoms. The molecule has 1 aromatic rings. The van der Waals surface area contributed by atoms with Gasteiger partial charge in [0, 0.05) is 0 Å². The zero-order chi connectivity index (χ0) is 11.3. The molecule has 0 unspecified atom stereocenters. The van der Waals surface area contributed by atoms with E-state index in [1.807, 2.05) is 13.8 Å². The first-order valence-electron chi connectivity index (χ1n) is 5.14. The van der Waals surface area contributed by atoms with Crippen molar-refractivity contribution in [2.75, 3.05) is 0 Å². The Hall–Kier alpha value is -1.38. The van der Waals surface area contributed by atoms with Crippen LogP contribution < -0.4 is 0 Å². The summed E-state index contributed by atoms with van der Waals surface area (Å²) in [5.74, 6) is -0.878. The van der Waals surface area contributed by atoms with Gasteiger partial charge in [-0.3, -0.25) is 0 Å². The van der Waals surface area contributed by atoms with Crippen molar-refractivity contribution in [2.45, 2.75) is 32.8 Å². The molecule has 0 aliphatic rings. The molecule has 2 nitrogen and oxygen atoms in total. The molecule has 0 saturated carbocycles. The van der Waals surface area contributed by atoms with Crippen molar-refractivity contribution in [3.8, 4) is 0 Å². The number of hydrogen-bond acceptors (Lipinski definition) is 2. The van der Waals surface area contributed by atoms with Gasteiger partial charge in [0.15, 0.2) is 0 Å². The zero-order valence-corrected chi connectivity index (χ0v) is 9.00. The average Bonchev–Trinajstić information content (AvgIpc) is 2.25. The van der Waals surface area contributed by atoms with Gasteiger partial charge >= 0.3 is 5.97 Å². The summed E-state index contributed by atoms with van der Waals surface area (Å²) in [6.07, 6.45) is 1.47. The molecule has 0 amide bonds. The highest BCUT2D eigenvalue weighted by atomic mass is 19.1. The summed E-state index contributed by atoms with van der Waals surface area (Å²) < 4.78 is 18.0. The lowest BCUT2D eigenvalue weighted by Crippen LogP contribution is -2.16. The van der Waals surface area contributed by atoms with Crippen LogP contribution >= 0.6 is 0 Å². The number of ether oxygens (including phenoxy) is 1. The highest BCUT2D eigenvalue weighted by Gasteiger charge is 2.12. The first kappa shape index (κ1) is 11.7. The van der Waals surface area contributed by atoms with Gasteiger partial charge in [-0.2, -0.15) is 0 Å². The van der Waals surface area contributed by atoms with E-state index in [1.54, 1.807) is 6.07 Å². The number of carbonyl (C=O) groups excluding carboxylic acids is 1. The quantitative estimate of drug-likeness (QED) is 0.713. The second-order valence-corrected chi connectivity index (χ2v) is 3.35. The molecular weight excluding hydrogens is 195 g/mol. The Balaban J connectivity index is 2.68. The predicted molar refractivity (Wildman–Crippen MR) is 56.2 cm³/mol. The van der Waals surface area contributed by atoms with E-state index >= 15 is 0 Å². The molecular formula is C12H15FO2. The third-order valence-corrected chi connectivity index (χ3v) is 2.24. The summed E-state index contributed by atoms with van der Waals surface area (Å²) in [6.45, 7) is 3.90. The standard InChI is InChI=1S/C12H15FO2/c1-3-11(4-2)15-12(14)9-6-5-7-10(13)8-9/h5-8,11H,3-4H2,1-2H3. The fraction of sp³-hybridized carbons (Fsp3) is 0.417. The number of hydrogen-bond donors (Lipinski definition) is 0. The van der Waals surface area contributed by atoms with Gasteiger partial charge in [0.25, 0.3) is 0 Å². The van der Waals surface area contributed by atoms with Crippen LogP contribution in [0.1, 0.15) is 37.0 Å². The Bertz CT molecular complexity index is 332. The molecule has 0 aliphatic heterocycles. The summed E-state index contributed by atoms with van der Waals surface area (Å²) >= 11 is 0. The number of halogens is 1. The lowest BCUT2D eigenvalue weighted by Gasteiger charge is -2.13. The average molecular weight is 210 g/mol. The van der Waals surface area contributed by atoms with Crippen LogP contribution in [0.3, 0.4) is 0 Å². The van der Waals surface area contributed by atoms with Crippen molar-refractivity contribution in [3.05, 3.63) is 35.6 Å². The third-order valence-electron chi connectivity index (χ3n) is 2.24. The minimum absolute atomic E-state index is 0.0826. The minimum atomic E-state index is -0.455. The molecule has 0 heterocycles. The lowest BCUT2D eigenvalue weighted by molar-refractivity contribution is 0.0284. The van der Waals surface area contributed by atoms with Crippen LogP contribution in [-0.4, -0.2) is 12.1 Å². The second kappa shape index (κ2) is 5.49. The summed E-state index contributed by atoms with van der Waals surface area (Å²) in [6, 6.07) is 5.53. The van der Waals surface area contributed by atoms with Gasteiger partial charge in [-0.1, -0.05) is 19.9 Å². The molecule has 0 radical (unpaired) electrons. The Kier molecular flexibility index (Phi) is 4.28. The van der Waals surface area contributed by atoms with E-state index in [9.17, 15) is 9.18 Å². The fourth-order valence-electron chi connectivity index (χ4n) is 1.29. The van der Waals surface area contributed by atoms with Crippen molar-refractivity contribution in [3.63, 3.8) is 0 Å². The van der Waals surface area contributed by atoms with Crippen LogP contribution in [0.15, 0.2) is 24.3 Å². The number of carbonyl (C=O) groups is 1. The Morgan fingerprint density at radius 2 is 2.07 bits per heavy atom. The van der Waals surface area contributed by atoms with E-state index < -0.39 is 11.8 Å². The highest BCUT2D eigenvalue weighted by molar-refractivity contribution is 5.89. The molecule has 0 fully saturated rings. The maximum Gasteiger partial charge on any atom is 0.338 e. The molecule has 0 atom stereocenters. The van der Waals surface area contributed by atoms with E-state index in [-0.39, 0.29) is 11.7 Å². The van der Waals surface area contributed by atoms with Crippen LogP contribution in [0, 0.1) is 5.82 Å². The van der Waals surface area contributed by atoms with Crippen molar-refractivity contribution < 1.29 is 13.9 Å². The van der Waals surface area contributed by atoms with Crippen LogP contribution in [-0.2, 0) is 4.74 Å². The third kappa shape index (κ3) is 3.35. The molecule has 0 aromatic heterocycles. The molecule has 1 aromatic carbocycles. The van der Waals surface area contributed by atoms with Gasteiger partial charge < -0.3 is 4.74 Å². The molecule has 0 N–H and O–H groups in total. The van der Waals surface area contributed by atoms with Crippen molar-refractivity contribution in [1.29, 1.82) is 0 Å². The van der Waals surface area contributed by atoms with Gasteiger partial charge in [-0.05, 0) is 31.0 Å². The number of esters is 1. The van der Waals surface area contributed by atoms with E-state index in [0.717, 1.165) is 12.8 Å². The normalized spacial score (nSPS) is 10.4. The summed E-state index contributed by atoms with van der Waals surface area (Å²) in [4.78, 5) is 11.5. The van der Waals surface area contributed by atoms with E-state index in [4.69, 9.17) is 4.74 Å². The summed E-state index contributed by atoms with van der Waals surface area (Å²) in [7, 11) is 0. The molecule has 0 aliphatic carbocycles. The van der Waals surface area contributed by atoms with E-state index in [2.05, 4.69) is 0 Å². The van der Waals surface area contributed by atoms with Gasteiger partial charge in [0.2, 0.25) is 0 Å². The molecule has 82 valence electrons. The second-order valence-electron chi connectivity index (χ2n) is 3.35. The molecule has 0 bridgehead atoms. The first-order valence-corrected chi connectivity index (χ1v) is 5.14. The highest BCUT2D eigenvalue weighted by Crippen LogP contribution is 2.10. The minimum Gasteiger partial charge on any atom is -0.459 e. The monoisotopic (exact) mass is 210 g/mol. The topological polar surface area (TPSA) is 26.3 Å². The number of benzene rings is 1. The smallest absolute Gasteiger partial charge is 0.338 e. The SMILES string of the molecule is CCC(CC)OC(=O)c1cccc(F)c1. The van der Waals surface area contributed by atoms with Gasteiger partial charge in [-0.25, -0.2) is 9.18 Å². The summed E-state index contributed by atoms with van der Waals surface area (Å²) in [5, 5.41) is 0. The lowest BCUT2D eigenvalue weighted by atomic mass is 10.2. The van der Waals surface area contributed by atoms with Gasteiger partial charge in [0.05, 0.1) is 5.56 Å². The van der Waals surface area contributed by atoms with Crippen LogP contribution in [0.5, 0.6) is 0 Å². The van der Waals surface area contributed by atoms with Crippen molar-refractivity contribution in [1.82, 2.24) is 0 Å². The van der Waals surface area contributed by atoms with Gasteiger partial charge in [0.1, 0.15) is 11.9 Å². The zero-order valence-electron chi connectivity index (χ0n) is 9.00. The van der Waals surface area contributed by atoms with Crippen LogP contribution in [0.4, 0.5) is 4.39 Å². The first-order chi connectivity index (χ1) is 7.17. The van der Waals surface area contributed by atoms with Gasteiger partial charge in [-0.15, -0.1) is 0 Å². The largest absolute Gasteiger partial charge is 0.459 e. The van der Waals surface area contributed by atoms with E-state index in [0.29, 0.717) is 0 Å². The van der Waals surface area contributed by atoms with Crippen molar-refractivity contribution in [2.24, 2.45) is 0 Å².